The number of hydrogen-bond acceptors (Lipinski definition) is 7. The lowest BCUT2D eigenvalue weighted by Gasteiger charge is -2.35. The van der Waals surface area contributed by atoms with Gasteiger partial charge in [-0.3, -0.25) is 9.52 Å². The summed E-state index contributed by atoms with van der Waals surface area (Å²) < 4.78 is 76.5. The van der Waals surface area contributed by atoms with E-state index in [1.807, 2.05) is 4.90 Å². The second-order valence-electron chi connectivity index (χ2n) is 12.0. The quantitative estimate of drug-likeness (QED) is 0.341. The first-order valence-electron chi connectivity index (χ1n) is 14.3. The van der Waals surface area contributed by atoms with Crippen molar-refractivity contribution in [2.45, 2.75) is 63.5 Å². The molecule has 2 aliphatic heterocycles. The van der Waals surface area contributed by atoms with Gasteiger partial charge in [-0.15, -0.1) is 0 Å². The third-order valence-electron chi connectivity index (χ3n) is 8.75. The minimum Gasteiger partial charge on any atom is -0.460 e. The summed E-state index contributed by atoms with van der Waals surface area (Å²) in [4.78, 5) is 21.8. The number of alkyl halides is 2. The lowest BCUT2D eigenvalue weighted by Crippen LogP contribution is -2.39. The zero-order chi connectivity index (χ0) is 29.9. The van der Waals surface area contributed by atoms with Gasteiger partial charge in [0, 0.05) is 44.4 Å². The topological polar surface area (TPSA) is 108 Å². The van der Waals surface area contributed by atoms with Gasteiger partial charge in [-0.05, 0) is 69.2 Å². The lowest BCUT2D eigenvalue weighted by molar-refractivity contribution is -0.0221. The van der Waals surface area contributed by atoms with Gasteiger partial charge in [0.15, 0.2) is 11.4 Å². The number of piperidine rings is 2. The Bertz CT molecular complexity index is 1620. The van der Waals surface area contributed by atoms with Crippen LogP contribution in [-0.2, 0) is 10.0 Å². The average Bonchev–Trinajstić information content (AvgIpc) is 3.49. The van der Waals surface area contributed by atoms with Crippen LogP contribution in [-0.4, -0.2) is 56.7 Å². The Morgan fingerprint density at radius 3 is 2.31 bits per heavy atom. The molecule has 1 aliphatic carbocycles. The fourth-order valence-electron chi connectivity index (χ4n) is 5.77. The number of carbonyl (C=O) groups is 1. The summed E-state index contributed by atoms with van der Waals surface area (Å²) in [5.41, 5.74) is 0.859. The van der Waals surface area contributed by atoms with Gasteiger partial charge in [0.1, 0.15) is 11.6 Å². The van der Waals surface area contributed by atoms with Crippen LogP contribution in [0.5, 0.6) is 0 Å². The molecule has 0 radical (unpaired) electrons. The number of aromatic nitrogens is 1. The molecule has 2 aromatic heterocycles. The van der Waals surface area contributed by atoms with Crippen molar-refractivity contribution in [2.24, 2.45) is 5.41 Å². The van der Waals surface area contributed by atoms with Crippen molar-refractivity contribution < 1.29 is 30.8 Å². The fraction of sp³-hybridized carbons (Fsp3) is 0.517. The zero-order valence-electron chi connectivity index (χ0n) is 23.6. The van der Waals surface area contributed by atoms with E-state index in [0.717, 1.165) is 31.7 Å². The number of pyridine rings is 1. The van der Waals surface area contributed by atoms with Crippen LogP contribution in [0.2, 0.25) is 0 Å². The van der Waals surface area contributed by atoms with Crippen LogP contribution in [0.3, 0.4) is 0 Å². The highest BCUT2D eigenvalue weighted by Crippen LogP contribution is 2.54. The third kappa shape index (κ3) is 5.62. The van der Waals surface area contributed by atoms with Gasteiger partial charge in [-0.25, -0.2) is 26.6 Å². The highest BCUT2D eigenvalue weighted by molar-refractivity contribution is 7.93. The number of furan rings is 1. The van der Waals surface area contributed by atoms with Crippen LogP contribution in [0.4, 0.5) is 36.2 Å². The molecule has 226 valence electrons. The first kappa shape index (κ1) is 28.6. The van der Waals surface area contributed by atoms with Crippen molar-refractivity contribution in [3.63, 3.8) is 0 Å². The van der Waals surface area contributed by atoms with Gasteiger partial charge >= 0.3 is 0 Å². The largest absolute Gasteiger partial charge is 0.460 e. The molecule has 9 nitrogen and oxygen atoms in total. The summed E-state index contributed by atoms with van der Waals surface area (Å²) in [6, 6.07) is 5.78. The maximum absolute atomic E-state index is 15.8. The summed E-state index contributed by atoms with van der Waals surface area (Å²) in [6.45, 7) is 4.40. The van der Waals surface area contributed by atoms with Crippen molar-refractivity contribution in [3.05, 3.63) is 41.9 Å². The molecule has 3 aromatic rings. The van der Waals surface area contributed by atoms with Crippen molar-refractivity contribution in [1.82, 2.24) is 4.98 Å². The zero-order valence-corrected chi connectivity index (χ0v) is 24.4. The van der Waals surface area contributed by atoms with Gasteiger partial charge in [0.25, 0.3) is 11.8 Å². The van der Waals surface area contributed by atoms with Gasteiger partial charge in [0.2, 0.25) is 10.0 Å². The first-order valence-corrected chi connectivity index (χ1v) is 15.8. The summed E-state index contributed by atoms with van der Waals surface area (Å²) >= 11 is 0. The van der Waals surface area contributed by atoms with Crippen LogP contribution >= 0.6 is 0 Å². The molecular weight excluding hydrogens is 571 g/mol. The smallest absolute Gasteiger partial charge is 0.261 e. The minimum atomic E-state index is -3.75. The molecule has 6 rings (SSSR count). The Balaban J connectivity index is 1.33. The molecule has 13 heteroatoms. The number of nitrogens with zero attached hydrogens (tertiary/aromatic N) is 3. The van der Waals surface area contributed by atoms with E-state index in [1.165, 1.54) is 26.2 Å². The van der Waals surface area contributed by atoms with Crippen molar-refractivity contribution in [2.75, 3.05) is 46.0 Å². The van der Waals surface area contributed by atoms with E-state index in [1.54, 1.807) is 17.0 Å². The fourth-order valence-corrected chi connectivity index (χ4v) is 6.45. The molecule has 1 aromatic carbocycles. The Labute approximate surface area is 242 Å². The number of benzene rings is 1. The normalized spacial score (nSPS) is 19.9. The first-order chi connectivity index (χ1) is 19.8. The van der Waals surface area contributed by atoms with E-state index < -0.39 is 32.9 Å². The van der Waals surface area contributed by atoms with E-state index in [-0.39, 0.29) is 43.0 Å². The van der Waals surface area contributed by atoms with Gasteiger partial charge in [-0.2, -0.15) is 0 Å². The van der Waals surface area contributed by atoms with Crippen LogP contribution < -0.4 is 19.8 Å². The number of sulfonamides is 1. The lowest BCUT2D eigenvalue weighted by atomic mass is 9.93. The standard InChI is InChI=1S/C29H34F3N5O4S/c1-18(2)42(39,40)35-20-16-21(30)24(22(17-20)36-10-6-28(4-5-28)7-11-36)27(38)34-23-15-19-3-14-41-25(19)26(33-23)37-12-8-29(31,32)9-13-37/h3,14-18,35H,4-13H2,1-2H3,(H,33,34,38). The van der Waals surface area contributed by atoms with E-state index in [4.69, 9.17) is 4.42 Å². The maximum Gasteiger partial charge on any atom is 0.261 e. The van der Waals surface area contributed by atoms with Gasteiger partial charge in [-0.1, -0.05) is 0 Å². The Kier molecular flexibility index (Phi) is 7.06. The van der Waals surface area contributed by atoms with E-state index in [0.29, 0.717) is 41.0 Å². The third-order valence-corrected chi connectivity index (χ3v) is 10.5. The molecular formula is C29H34F3N5O4S. The highest BCUT2D eigenvalue weighted by atomic mass is 32.2. The Hall–Kier alpha value is -3.48. The molecule has 2 saturated heterocycles. The predicted molar refractivity (Wildman–Crippen MR) is 156 cm³/mol. The highest BCUT2D eigenvalue weighted by Gasteiger charge is 2.45. The minimum absolute atomic E-state index is 0.0431. The average molecular weight is 606 g/mol. The van der Waals surface area contributed by atoms with Crippen molar-refractivity contribution in [3.8, 4) is 0 Å². The monoisotopic (exact) mass is 605 g/mol. The maximum atomic E-state index is 15.8. The molecule has 1 spiro atoms. The van der Waals surface area contributed by atoms with Crippen LogP contribution in [0.25, 0.3) is 11.0 Å². The number of nitrogens with one attached hydrogen (secondary N) is 2. The van der Waals surface area contributed by atoms with Crippen molar-refractivity contribution >= 4 is 49.9 Å². The molecule has 3 fully saturated rings. The van der Waals surface area contributed by atoms with Crippen LogP contribution in [0.15, 0.2) is 34.9 Å². The molecule has 42 heavy (non-hydrogen) atoms. The molecule has 1 saturated carbocycles. The van der Waals surface area contributed by atoms with Crippen molar-refractivity contribution in [1.29, 1.82) is 0 Å². The number of carbonyl (C=O) groups excluding carboxylic acids is 1. The Morgan fingerprint density at radius 1 is 1.00 bits per heavy atom. The molecule has 0 atom stereocenters. The number of rotatable bonds is 7. The molecule has 0 unspecified atom stereocenters. The van der Waals surface area contributed by atoms with E-state index >= 15 is 4.39 Å². The molecule has 2 N–H and O–H groups in total. The summed E-state index contributed by atoms with van der Waals surface area (Å²) in [5.74, 6) is -3.93. The number of halogens is 3. The molecule has 4 heterocycles. The number of anilines is 4. The van der Waals surface area contributed by atoms with Crippen LogP contribution in [0.1, 0.15) is 62.7 Å². The van der Waals surface area contributed by atoms with Crippen LogP contribution in [0, 0.1) is 11.2 Å². The number of amides is 1. The second kappa shape index (κ2) is 10.4. The van der Waals surface area contributed by atoms with E-state index in [2.05, 4.69) is 15.0 Å². The molecule has 1 amide bonds. The molecule has 0 bridgehead atoms. The van der Waals surface area contributed by atoms with E-state index in [9.17, 15) is 22.0 Å². The summed E-state index contributed by atoms with van der Waals surface area (Å²) in [7, 11) is -3.75. The number of fused-ring (bicyclic) bond motifs is 1. The summed E-state index contributed by atoms with van der Waals surface area (Å²) in [6.07, 6.45) is 4.95. The van der Waals surface area contributed by atoms with Gasteiger partial charge < -0.3 is 19.5 Å². The second-order valence-corrected chi connectivity index (χ2v) is 14.2. The predicted octanol–water partition coefficient (Wildman–Crippen LogP) is 5.99. The summed E-state index contributed by atoms with van der Waals surface area (Å²) in [5, 5.41) is 2.57. The Morgan fingerprint density at radius 2 is 1.67 bits per heavy atom. The van der Waals surface area contributed by atoms with Gasteiger partial charge in [0.05, 0.1) is 28.5 Å². The molecule has 3 aliphatic rings. The SMILES string of the molecule is CC(C)S(=O)(=O)Nc1cc(F)c(C(=O)Nc2cc3ccoc3c(N3CCC(F)(F)CC3)n2)c(N2CCC3(CC2)CC3)c1. The number of hydrogen-bond donors (Lipinski definition) is 2.